The van der Waals surface area contributed by atoms with Crippen molar-refractivity contribution in [3.8, 4) is 0 Å². The Bertz CT molecular complexity index is 114. The molecule has 0 fully saturated rings. The predicted molar refractivity (Wildman–Crippen MR) is 44.7 cm³/mol. The molecule has 0 aliphatic heterocycles. The van der Waals surface area contributed by atoms with Crippen LogP contribution in [0, 0.1) is 0 Å². The first kappa shape index (κ1) is 13.9. The summed E-state index contributed by atoms with van der Waals surface area (Å²) in [5.41, 5.74) is 4.91. The van der Waals surface area contributed by atoms with Crippen LogP contribution >= 0.6 is 0 Å². The summed E-state index contributed by atoms with van der Waals surface area (Å²) in [4.78, 5) is 9.86. The van der Waals surface area contributed by atoms with E-state index in [0.717, 1.165) is 6.42 Å². The van der Waals surface area contributed by atoms with Gasteiger partial charge in [-0.05, 0) is 13.3 Å². The van der Waals surface area contributed by atoms with Crippen LogP contribution in [0.5, 0.6) is 0 Å². The van der Waals surface area contributed by atoms with Crippen LogP contribution in [0.2, 0.25) is 0 Å². The molecule has 0 rings (SSSR count). The number of hydrogen-bond acceptors (Lipinski definition) is 4. The second kappa shape index (κ2) is 8.45. The Kier molecular flexibility index (Phi) is 9.79. The van der Waals surface area contributed by atoms with Gasteiger partial charge in [-0.25, -0.2) is 0 Å². The summed E-state index contributed by atoms with van der Waals surface area (Å²) in [5.74, 6) is -1.18. The van der Waals surface area contributed by atoms with E-state index in [1.54, 1.807) is 0 Å². The molecule has 5 N–H and O–H groups in total. The van der Waals surface area contributed by atoms with Gasteiger partial charge >= 0.3 is 5.97 Å². The van der Waals surface area contributed by atoms with Crippen molar-refractivity contribution in [1.29, 1.82) is 0 Å². The molecule has 5 nitrogen and oxygen atoms in total. The number of aliphatic hydroxyl groups is 2. The van der Waals surface area contributed by atoms with Gasteiger partial charge < -0.3 is 21.1 Å². The van der Waals surface area contributed by atoms with E-state index in [4.69, 9.17) is 21.1 Å². The van der Waals surface area contributed by atoms with Gasteiger partial charge in [0.1, 0.15) is 6.04 Å². The first-order valence-electron chi connectivity index (χ1n) is 3.74. The third kappa shape index (κ3) is 9.35. The molecule has 0 unspecified atom stereocenters. The van der Waals surface area contributed by atoms with Crippen molar-refractivity contribution in [2.24, 2.45) is 5.73 Å². The minimum Gasteiger partial charge on any atom is -0.480 e. The molecule has 0 aromatic carbocycles. The van der Waals surface area contributed by atoms with Gasteiger partial charge in [-0.2, -0.15) is 0 Å². The fourth-order valence-electron chi connectivity index (χ4n) is 0.206. The van der Waals surface area contributed by atoms with Crippen molar-refractivity contribution in [2.75, 3.05) is 6.61 Å². The normalized spacial score (nSPS) is 14.1. The summed E-state index contributed by atoms with van der Waals surface area (Å²) in [7, 11) is 0. The lowest BCUT2D eigenvalue weighted by Gasteiger charge is -2.06. The highest BCUT2D eigenvalue weighted by molar-refractivity contribution is 5.73. The zero-order chi connectivity index (χ0) is 10.1. The second-order valence-corrected chi connectivity index (χ2v) is 2.33. The molecule has 0 saturated heterocycles. The van der Waals surface area contributed by atoms with E-state index >= 15 is 0 Å². The highest BCUT2D eigenvalue weighted by atomic mass is 16.4. The average Bonchev–Trinajstić information content (AvgIpc) is 2.03. The molecule has 0 bridgehead atoms. The molecule has 0 aromatic rings. The smallest absolute Gasteiger partial charge is 0.323 e. The molecule has 0 aliphatic carbocycles. The average molecular weight is 179 g/mol. The summed E-state index contributed by atoms with van der Waals surface area (Å²) in [6.45, 7) is 3.58. The lowest BCUT2D eigenvalue weighted by atomic mass is 10.2. The molecule has 12 heavy (non-hydrogen) atoms. The van der Waals surface area contributed by atoms with Crippen LogP contribution in [0.25, 0.3) is 0 Å². The number of rotatable bonds is 3. The first-order valence-corrected chi connectivity index (χ1v) is 3.74. The Hall–Kier alpha value is -0.650. The largest absolute Gasteiger partial charge is 0.480 e. The molecule has 5 heteroatoms. The molecule has 74 valence electrons. The fourth-order valence-corrected chi connectivity index (χ4v) is 0.206. The Morgan fingerprint density at radius 2 is 1.92 bits per heavy atom. The highest BCUT2D eigenvalue weighted by Crippen LogP contribution is 1.85. The van der Waals surface area contributed by atoms with Crippen molar-refractivity contribution in [1.82, 2.24) is 0 Å². The van der Waals surface area contributed by atoms with Crippen molar-refractivity contribution >= 4 is 5.97 Å². The standard InChI is InChI=1S/C4H9NO3.C3H8O/c1-2(6)3(5)4(7)8;1-2-3-4/h2-3,6H,5H2,1H3,(H,7,8);4H,2-3H2,1H3/t2-,3+;/m1./s1. The van der Waals surface area contributed by atoms with Crippen LogP contribution in [0.15, 0.2) is 0 Å². The summed E-state index contributed by atoms with van der Waals surface area (Å²) < 4.78 is 0. The molecule has 0 saturated carbocycles. The number of nitrogens with two attached hydrogens (primary N) is 1. The van der Waals surface area contributed by atoms with E-state index in [1.807, 2.05) is 6.92 Å². The molecule has 0 radical (unpaired) electrons. The summed E-state index contributed by atoms with van der Waals surface area (Å²) in [5, 5.41) is 24.4. The molecule has 0 heterocycles. The summed E-state index contributed by atoms with van der Waals surface area (Å²) in [6, 6.07) is -1.16. The number of hydrogen-bond donors (Lipinski definition) is 4. The van der Waals surface area contributed by atoms with E-state index in [0.29, 0.717) is 6.61 Å². The van der Waals surface area contributed by atoms with Crippen LogP contribution in [0.4, 0.5) is 0 Å². The van der Waals surface area contributed by atoms with Crippen molar-refractivity contribution in [3.63, 3.8) is 0 Å². The van der Waals surface area contributed by atoms with Crippen molar-refractivity contribution in [2.45, 2.75) is 32.4 Å². The van der Waals surface area contributed by atoms with Gasteiger partial charge in [0.15, 0.2) is 0 Å². The molecular weight excluding hydrogens is 162 g/mol. The fraction of sp³-hybridized carbons (Fsp3) is 0.857. The van der Waals surface area contributed by atoms with Crippen molar-refractivity contribution in [3.05, 3.63) is 0 Å². The zero-order valence-corrected chi connectivity index (χ0v) is 7.40. The van der Waals surface area contributed by atoms with Crippen LogP contribution in [-0.4, -0.2) is 40.0 Å². The molecule has 0 aliphatic rings. The third-order valence-electron chi connectivity index (χ3n) is 1.03. The Labute approximate surface area is 71.8 Å². The molecular formula is C7H17NO4. The van der Waals surface area contributed by atoms with Gasteiger partial charge in [0.05, 0.1) is 6.10 Å². The highest BCUT2D eigenvalue weighted by Gasteiger charge is 2.16. The van der Waals surface area contributed by atoms with Gasteiger partial charge in [-0.3, -0.25) is 4.79 Å². The van der Waals surface area contributed by atoms with Gasteiger partial charge in [-0.15, -0.1) is 0 Å². The monoisotopic (exact) mass is 179 g/mol. The van der Waals surface area contributed by atoms with Crippen LogP contribution in [0.1, 0.15) is 20.3 Å². The van der Waals surface area contributed by atoms with Crippen molar-refractivity contribution < 1.29 is 20.1 Å². The predicted octanol–water partition coefficient (Wildman–Crippen LogP) is -0.832. The van der Waals surface area contributed by atoms with Gasteiger partial charge in [0, 0.05) is 6.61 Å². The number of aliphatic carboxylic acids is 1. The Morgan fingerprint density at radius 1 is 1.58 bits per heavy atom. The van der Waals surface area contributed by atoms with E-state index < -0.39 is 18.1 Å². The molecule has 0 amide bonds. The van der Waals surface area contributed by atoms with Crippen LogP contribution < -0.4 is 5.73 Å². The van der Waals surface area contributed by atoms with Gasteiger partial charge in [0.25, 0.3) is 0 Å². The van der Waals surface area contributed by atoms with Gasteiger partial charge in [0.2, 0.25) is 0 Å². The minimum atomic E-state index is -1.18. The maximum atomic E-state index is 9.86. The zero-order valence-electron chi connectivity index (χ0n) is 7.40. The number of aliphatic hydroxyl groups excluding tert-OH is 2. The maximum absolute atomic E-state index is 9.86. The third-order valence-corrected chi connectivity index (χ3v) is 1.03. The van der Waals surface area contributed by atoms with E-state index in [9.17, 15) is 4.79 Å². The lowest BCUT2D eigenvalue weighted by Crippen LogP contribution is -2.39. The second-order valence-electron chi connectivity index (χ2n) is 2.33. The first-order chi connectivity index (χ1) is 5.47. The SMILES string of the molecule is CCCO.C[C@@H](O)[C@H](N)C(=O)O. The van der Waals surface area contributed by atoms with E-state index in [-0.39, 0.29) is 0 Å². The number of carboxylic acid groups (broad SMARTS) is 1. The van der Waals surface area contributed by atoms with E-state index in [2.05, 4.69) is 0 Å². The lowest BCUT2D eigenvalue weighted by molar-refractivity contribution is -0.140. The van der Waals surface area contributed by atoms with Gasteiger partial charge in [-0.1, -0.05) is 6.92 Å². The number of carbonyl (C=O) groups is 1. The summed E-state index contributed by atoms with van der Waals surface area (Å²) >= 11 is 0. The topological polar surface area (TPSA) is 104 Å². The summed E-state index contributed by atoms with van der Waals surface area (Å²) in [6.07, 6.45) is -0.104. The Morgan fingerprint density at radius 3 is 1.92 bits per heavy atom. The minimum absolute atomic E-state index is 0.319. The molecule has 0 aromatic heterocycles. The maximum Gasteiger partial charge on any atom is 0.323 e. The van der Waals surface area contributed by atoms with Crippen LogP contribution in [0.3, 0.4) is 0 Å². The van der Waals surface area contributed by atoms with E-state index in [1.165, 1.54) is 6.92 Å². The molecule has 2 atom stereocenters. The quantitative estimate of drug-likeness (QED) is 0.452. The Balaban J connectivity index is 0. The number of carboxylic acids is 1. The molecule has 0 spiro atoms. The van der Waals surface area contributed by atoms with Crippen LogP contribution in [-0.2, 0) is 4.79 Å².